The second-order valence-corrected chi connectivity index (χ2v) is 4.38. The van der Waals surface area contributed by atoms with Crippen molar-refractivity contribution in [2.24, 2.45) is 7.05 Å². The molecule has 0 saturated carbocycles. The van der Waals surface area contributed by atoms with Crippen LogP contribution in [0.5, 0.6) is 5.75 Å². The summed E-state index contributed by atoms with van der Waals surface area (Å²) in [6, 6.07) is 4.58. The molecule has 0 spiro atoms. The van der Waals surface area contributed by atoms with Gasteiger partial charge in [-0.2, -0.15) is 0 Å². The fourth-order valence-corrected chi connectivity index (χ4v) is 1.94. The van der Waals surface area contributed by atoms with Gasteiger partial charge in [0.25, 0.3) is 0 Å². The average molecular weight is 276 g/mol. The number of rotatable bonds is 5. The lowest BCUT2D eigenvalue weighted by atomic mass is 10.1. The third-order valence-electron chi connectivity index (χ3n) is 2.96. The van der Waals surface area contributed by atoms with Crippen molar-refractivity contribution in [3.05, 3.63) is 35.9 Å². The molecule has 0 fully saturated rings. The lowest BCUT2D eigenvalue weighted by molar-refractivity contribution is 0.0698. The first-order chi connectivity index (χ1) is 9.52. The molecule has 1 heterocycles. The van der Waals surface area contributed by atoms with E-state index < -0.39 is 5.97 Å². The molecular formula is C13H16N4O3. The van der Waals surface area contributed by atoms with Crippen LogP contribution in [0.2, 0.25) is 0 Å². The number of hydrogen-bond acceptors (Lipinski definition) is 5. The third kappa shape index (κ3) is 2.71. The Hall–Kier alpha value is -2.57. The van der Waals surface area contributed by atoms with Crippen LogP contribution in [-0.2, 0) is 7.05 Å². The molecule has 1 unspecified atom stereocenters. The van der Waals surface area contributed by atoms with E-state index in [0.717, 1.165) is 0 Å². The number of benzene rings is 1. The number of anilines is 1. The Balaban J connectivity index is 2.32. The van der Waals surface area contributed by atoms with Crippen LogP contribution in [0.15, 0.2) is 24.5 Å². The summed E-state index contributed by atoms with van der Waals surface area (Å²) in [5.41, 5.74) is 0.659. The van der Waals surface area contributed by atoms with Gasteiger partial charge in [-0.15, -0.1) is 10.2 Å². The average Bonchev–Trinajstić information content (AvgIpc) is 2.84. The van der Waals surface area contributed by atoms with Crippen molar-refractivity contribution in [3.8, 4) is 5.75 Å². The highest BCUT2D eigenvalue weighted by Gasteiger charge is 2.16. The highest BCUT2D eigenvalue weighted by atomic mass is 16.5. The van der Waals surface area contributed by atoms with E-state index in [0.29, 0.717) is 17.3 Å². The van der Waals surface area contributed by atoms with Gasteiger partial charge < -0.3 is 19.7 Å². The van der Waals surface area contributed by atoms with E-state index in [2.05, 4.69) is 15.5 Å². The second-order valence-electron chi connectivity index (χ2n) is 4.38. The van der Waals surface area contributed by atoms with Gasteiger partial charge in [-0.1, -0.05) is 0 Å². The Kier molecular flexibility index (Phi) is 3.88. The predicted octanol–water partition coefficient (Wildman–Crippen LogP) is 1.69. The van der Waals surface area contributed by atoms with Gasteiger partial charge in [0.15, 0.2) is 5.82 Å². The van der Waals surface area contributed by atoms with Gasteiger partial charge >= 0.3 is 5.97 Å². The smallest absolute Gasteiger partial charge is 0.337 e. The van der Waals surface area contributed by atoms with Gasteiger partial charge in [0.05, 0.1) is 24.4 Å². The van der Waals surface area contributed by atoms with E-state index in [1.54, 1.807) is 23.0 Å². The zero-order valence-corrected chi connectivity index (χ0v) is 11.5. The Morgan fingerprint density at radius 1 is 1.50 bits per heavy atom. The van der Waals surface area contributed by atoms with Crippen LogP contribution in [0.1, 0.15) is 29.1 Å². The molecule has 1 atom stereocenters. The number of methoxy groups -OCH3 is 1. The molecule has 7 heteroatoms. The van der Waals surface area contributed by atoms with E-state index in [1.807, 2.05) is 14.0 Å². The van der Waals surface area contributed by atoms with Gasteiger partial charge in [-0.25, -0.2) is 4.79 Å². The lowest BCUT2D eigenvalue weighted by Gasteiger charge is -2.16. The van der Waals surface area contributed by atoms with Crippen molar-refractivity contribution in [3.63, 3.8) is 0 Å². The summed E-state index contributed by atoms with van der Waals surface area (Å²) in [7, 11) is 3.36. The molecule has 0 aliphatic rings. The number of hydrogen-bond donors (Lipinski definition) is 2. The standard InChI is InChI=1S/C13H16N4O3/c1-8(12-16-14-7-17(12)2)15-11-6-9(20-3)4-5-10(11)13(18)19/h4-8,15H,1-3H3,(H,18,19). The number of ether oxygens (including phenoxy) is 1. The van der Waals surface area contributed by atoms with Crippen LogP contribution in [-0.4, -0.2) is 33.0 Å². The number of aromatic carboxylic acids is 1. The molecular weight excluding hydrogens is 260 g/mol. The first-order valence-corrected chi connectivity index (χ1v) is 6.04. The minimum absolute atomic E-state index is 0.180. The van der Waals surface area contributed by atoms with E-state index in [9.17, 15) is 9.90 Å². The van der Waals surface area contributed by atoms with Gasteiger partial charge in [0.2, 0.25) is 0 Å². The maximum Gasteiger partial charge on any atom is 0.337 e. The molecule has 0 bridgehead atoms. The van der Waals surface area contributed by atoms with Crippen molar-refractivity contribution < 1.29 is 14.6 Å². The van der Waals surface area contributed by atoms with Gasteiger partial charge in [0.1, 0.15) is 12.1 Å². The zero-order chi connectivity index (χ0) is 14.7. The fourth-order valence-electron chi connectivity index (χ4n) is 1.94. The summed E-state index contributed by atoms with van der Waals surface area (Å²) in [6.07, 6.45) is 1.59. The molecule has 0 aliphatic carbocycles. The Morgan fingerprint density at radius 3 is 2.80 bits per heavy atom. The fraction of sp³-hybridized carbons (Fsp3) is 0.308. The SMILES string of the molecule is COc1ccc(C(=O)O)c(NC(C)c2nncn2C)c1. The maximum atomic E-state index is 11.2. The van der Waals surface area contributed by atoms with Crippen LogP contribution in [0, 0.1) is 0 Å². The van der Waals surface area contributed by atoms with Crippen molar-refractivity contribution in [1.82, 2.24) is 14.8 Å². The minimum Gasteiger partial charge on any atom is -0.497 e. The highest BCUT2D eigenvalue weighted by molar-refractivity contribution is 5.94. The summed E-state index contributed by atoms with van der Waals surface area (Å²) >= 11 is 0. The van der Waals surface area contributed by atoms with Crippen LogP contribution in [0.4, 0.5) is 5.69 Å². The van der Waals surface area contributed by atoms with E-state index in [-0.39, 0.29) is 11.6 Å². The largest absolute Gasteiger partial charge is 0.497 e. The van der Waals surface area contributed by atoms with Crippen LogP contribution >= 0.6 is 0 Å². The first-order valence-electron chi connectivity index (χ1n) is 6.04. The van der Waals surface area contributed by atoms with Crippen LogP contribution in [0.25, 0.3) is 0 Å². The Morgan fingerprint density at radius 2 is 2.25 bits per heavy atom. The molecule has 2 aromatic rings. The van der Waals surface area contributed by atoms with Crippen molar-refractivity contribution in [2.75, 3.05) is 12.4 Å². The second kappa shape index (κ2) is 5.60. The summed E-state index contributed by atoms with van der Waals surface area (Å²) in [5.74, 6) is 0.298. The van der Waals surface area contributed by atoms with Crippen molar-refractivity contribution in [1.29, 1.82) is 0 Å². The van der Waals surface area contributed by atoms with Crippen molar-refractivity contribution in [2.45, 2.75) is 13.0 Å². The zero-order valence-electron chi connectivity index (χ0n) is 11.5. The summed E-state index contributed by atoms with van der Waals surface area (Å²) in [5, 5.41) is 20.1. The molecule has 2 N–H and O–H groups in total. The minimum atomic E-state index is -1.000. The van der Waals surface area contributed by atoms with Gasteiger partial charge in [-0.05, 0) is 19.1 Å². The quantitative estimate of drug-likeness (QED) is 0.864. The summed E-state index contributed by atoms with van der Waals surface area (Å²) in [4.78, 5) is 11.2. The number of nitrogens with one attached hydrogen (secondary N) is 1. The topological polar surface area (TPSA) is 89.3 Å². The van der Waals surface area contributed by atoms with E-state index >= 15 is 0 Å². The van der Waals surface area contributed by atoms with Gasteiger partial charge in [-0.3, -0.25) is 0 Å². The molecule has 7 nitrogen and oxygen atoms in total. The number of aryl methyl sites for hydroxylation is 1. The monoisotopic (exact) mass is 276 g/mol. The number of carbonyl (C=O) groups is 1. The van der Waals surface area contributed by atoms with Gasteiger partial charge in [0, 0.05) is 13.1 Å². The third-order valence-corrected chi connectivity index (χ3v) is 2.96. The van der Waals surface area contributed by atoms with Crippen LogP contribution < -0.4 is 10.1 Å². The molecule has 0 radical (unpaired) electrons. The lowest BCUT2D eigenvalue weighted by Crippen LogP contribution is -2.14. The Labute approximate surface area is 116 Å². The predicted molar refractivity (Wildman–Crippen MR) is 73.0 cm³/mol. The molecule has 20 heavy (non-hydrogen) atoms. The number of carboxylic acid groups (broad SMARTS) is 1. The molecule has 0 amide bonds. The maximum absolute atomic E-state index is 11.2. The summed E-state index contributed by atoms with van der Waals surface area (Å²) < 4.78 is 6.90. The molecule has 106 valence electrons. The molecule has 1 aromatic carbocycles. The first kappa shape index (κ1) is 13.9. The Bertz CT molecular complexity index is 624. The van der Waals surface area contributed by atoms with E-state index in [4.69, 9.17) is 4.74 Å². The summed E-state index contributed by atoms with van der Waals surface area (Å²) in [6.45, 7) is 1.88. The normalized spacial score (nSPS) is 11.9. The molecule has 0 aliphatic heterocycles. The highest BCUT2D eigenvalue weighted by Crippen LogP contribution is 2.26. The number of aromatic nitrogens is 3. The van der Waals surface area contributed by atoms with E-state index in [1.165, 1.54) is 13.2 Å². The molecule has 2 rings (SSSR count). The van der Waals surface area contributed by atoms with Crippen molar-refractivity contribution >= 4 is 11.7 Å². The molecule has 0 saturated heterocycles. The number of carboxylic acids is 1. The van der Waals surface area contributed by atoms with Crippen LogP contribution in [0.3, 0.4) is 0 Å². The number of nitrogens with zero attached hydrogens (tertiary/aromatic N) is 3. The molecule has 1 aromatic heterocycles.